The SMILES string of the molecule is COc1ccc(C)cc1CC(=O)NC(C)c1ccc(C)o1. The molecule has 1 heterocycles. The fraction of sp³-hybridized carbons (Fsp3) is 0.353. The van der Waals surface area contributed by atoms with E-state index in [0.29, 0.717) is 0 Å². The zero-order valence-corrected chi connectivity index (χ0v) is 12.9. The highest BCUT2D eigenvalue weighted by Gasteiger charge is 2.14. The lowest BCUT2D eigenvalue weighted by Gasteiger charge is -2.13. The molecule has 1 atom stereocenters. The molecule has 4 heteroatoms. The van der Waals surface area contributed by atoms with Crippen LogP contribution in [0.1, 0.15) is 35.6 Å². The third-order valence-electron chi connectivity index (χ3n) is 3.35. The molecule has 0 spiro atoms. The molecule has 112 valence electrons. The Labute approximate surface area is 125 Å². The Morgan fingerprint density at radius 3 is 2.67 bits per heavy atom. The molecule has 1 unspecified atom stereocenters. The smallest absolute Gasteiger partial charge is 0.225 e. The van der Waals surface area contributed by atoms with Gasteiger partial charge >= 0.3 is 0 Å². The van der Waals surface area contributed by atoms with E-state index in [1.807, 2.05) is 51.1 Å². The Balaban J connectivity index is 2.03. The highest BCUT2D eigenvalue weighted by atomic mass is 16.5. The average Bonchev–Trinajstić information content (AvgIpc) is 2.85. The molecule has 0 saturated heterocycles. The molecule has 0 aliphatic rings. The fourth-order valence-corrected chi connectivity index (χ4v) is 2.27. The lowest BCUT2D eigenvalue weighted by Crippen LogP contribution is -2.28. The molecule has 1 aromatic heterocycles. The van der Waals surface area contributed by atoms with Crippen molar-refractivity contribution >= 4 is 5.91 Å². The van der Waals surface area contributed by atoms with Crippen LogP contribution in [-0.4, -0.2) is 13.0 Å². The summed E-state index contributed by atoms with van der Waals surface area (Å²) in [5, 5.41) is 2.94. The minimum atomic E-state index is -0.151. The molecule has 21 heavy (non-hydrogen) atoms. The van der Waals surface area contributed by atoms with Crippen molar-refractivity contribution in [3.05, 3.63) is 53.0 Å². The van der Waals surface area contributed by atoms with Gasteiger partial charge in [0.2, 0.25) is 5.91 Å². The van der Waals surface area contributed by atoms with Crippen molar-refractivity contribution in [1.29, 1.82) is 0 Å². The first kappa shape index (κ1) is 15.2. The summed E-state index contributed by atoms with van der Waals surface area (Å²) in [5.41, 5.74) is 1.99. The van der Waals surface area contributed by atoms with E-state index in [2.05, 4.69) is 5.32 Å². The van der Waals surface area contributed by atoms with Gasteiger partial charge in [0.05, 0.1) is 19.6 Å². The second-order valence-corrected chi connectivity index (χ2v) is 5.23. The van der Waals surface area contributed by atoms with Crippen molar-refractivity contribution in [2.24, 2.45) is 0 Å². The molecule has 1 N–H and O–H groups in total. The number of amides is 1. The van der Waals surface area contributed by atoms with Gasteiger partial charge in [-0.15, -0.1) is 0 Å². The number of furan rings is 1. The highest BCUT2D eigenvalue weighted by molar-refractivity contribution is 5.79. The van der Waals surface area contributed by atoms with E-state index in [1.54, 1.807) is 7.11 Å². The number of carbonyl (C=O) groups is 1. The number of hydrogen-bond acceptors (Lipinski definition) is 3. The Morgan fingerprint density at radius 2 is 2.05 bits per heavy atom. The summed E-state index contributed by atoms with van der Waals surface area (Å²) in [5.74, 6) is 2.28. The van der Waals surface area contributed by atoms with Crippen molar-refractivity contribution in [2.45, 2.75) is 33.2 Å². The molecule has 2 aromatic rings. The molecule has 0 aliphatic carbocycles. The van der Waals surface area contributed by atoms with Crippen LogP contribution >= 0.6 is 0 Å². The van der Waals surface area contributed by atoms with Gasteiger partial charge in [-0.25, -0.2) is 0 Å². The quantitative estimate of drug-likeness (QED) is 0.917. The summed E-state index contributed by atoms with van der Waals surface area (Å²) in [6, 6.07) is 9.45. The number of aryl methyl sites for hydroxylation is 2. The first-order chi connectivity index (χ1) is 9.99. The Hall–Kier alpha value is -2.23. The lowest BCUT2D eigenvalue weighted by molar-refractivity contribution is -0.121. The Kier molecular flexibility index (Phi) is 4.68. The number of carbonyl (C=O) groups excluding carboxylic acids is 1. The maximum Gasteiger partial charge on any atom is 0.225 e. The molecule has 2 rings (SSSR count). The predicted octanol–water partition coefficient (Wildman–Crippen LogP) is 3.32. The van der Waals surface area contributed by atoms with Crippen LogP contribution in [0.15, 0.2) is 34.7 Å². The second-order valence-electron chi connectivity index (χ2n) is 5.23. The minimum absolute atomic E-state index is 0.0551. The van der Waals surface area contributed by atoms with Crippen molar-refractivity contribution in [3.63, 3.8) is 0 Å². The molecule has 4 nitrogen and oxygen atoms in total. The van der Waals surface area contributed by atoms with E-state index in [-0.39, 0.29) is 18.4 Å². The number of nitrogens with one attached hydrogen (secondary N) is 1. The summed E-state index contributed by atoms with van der Waals surface area (Å²) in [6.07, 6.45) is 0.287. The molecule has 0 saturated carbocycles. The number of rotatable bonds is 5. The van der Waals surface area contributed by atoms with Crippen molar-refractivity contribution in [3.8, 4) is 5.75 Å². The summed E-state index contributed by atoms with van der Waals surface area (Å²) in [7, 11) is 1.61. The van der Waals surface area contributed by atoms with E-state index < -0.39 is 0 Å². The van der Waals surface area contributed by atoms with Gasteiger partial charge in [-0.05, 0) is 39.0 Å². The third kappa shape index (κ3) is 3.88. The maximum atomic E-state index is 12.2. The van der Waals surface area contributed by atoms with Crippen LogP contribution in [0.25, 0.3) is 0 Å². The predicted molar refractivity (Wildman–Crippen MR) is 81.4 cm³/mol. The van der Waals surface area contributed by atoms with Gasteiger partial charge in [0, 0.05) is 5.56 Å². The standard InChI is InChI=1S/C17H21NO3/c1-11-5-7-16(20-4)14(9-11)10-17(19)18-13(3)15-8-6-12(2)21-15/h5-9,13H,10H2,1-4H3,(H,18,19). The van der Waals surface area contributed by atoms with Crippen LogP contribution in [0, 0.1) is 13.8 Å². The minimum Gasteiger partial charge on any atom is -0.496 e. The van der Waals surface area contributed by atoms with E-state index in [0.717, 1.165) is 28.4 Å². The monoisotopic (exact) mass is 287 g/mol. The van der Waals surface area contributed by atoms with Crippen molar-refractivity contribution in [2.75, 3.05) is 7.11 Å². The normalized spacial score (nSPS) is 12.0. The van der Waals surface area contributed by atoms with Crippen LogP contribution < -0.4 is 10.1 Å². The average molecular weight is 287 g/mol. The summed E-state index contributed by atoms with van der Waals surface area (Å²) < 4.78 is 10.8. The number of benzene rings is 1. The molecule has 1 aromatic carbocycles. The molecule has 0 aliphatic heterocycles. The van der Waals surface area contributed by atoms with Gasteiger partial charge in [0.25, 0.3) is 0 Å². The topological polar surface area (TPSA) is 51.5 Å². The van der Waals surface area contributed by atoms with Crippen LogP contribution in [0.4, 0.5) is 0 Å². The first-order valence-corrected chi connectivity index (χ1v) is 6.99. The van der Waals surface area contributed by atoms with E-state index in [4.69, 9.17) is 9.15 Å². The van der Waals surface area contributed by atoms with Gasteiger partial charge < -0.3 is 14.5 Å². The van der Waals surface area contributed by atoms with Gasteiger partial charge in [0.1, 0.15) is 17.3 Å². The van der Waals surface area contributed by atoms with Crippen LogP contribution in [0.5, 0.6) is 5.75 Å². The van der Waals surface area contributed by atoms with Gasteiger partial charge in [-0.2, -0.15) is 0 Å². The lowest BCUT2D eigenvalue weighted by atomic mass is 10.1. The largest absolute Gasteiger partial charge is 0.496 e. The summed E-state index contributed by atoms with van der Waals surface area (Å²) in [4.78, 5) is 12.2. The van der Waals surface area contributed by atoms with Crippen molar-refractivity contribution < 1.29 is 13.9 Å². The summed E-state index contributed by atoms with van der Waals surface area (Å²) >= 11 is 0. The van der Waals surface area contributed by atoms with Crippen molar-refractivity contribution in [1.82, 2.24) is 5.32 Å². The highest BCUT2D eigenvalue weighted by Crippen LogP contribution is 2.21. The molecule has 0 bridgehead atoms. The van der Waals surface area contributed by atoms with E-state index in [1.165, 1.54) is 0 Å². The zero-order chi connectivity index (χ0) is 15.4. The van der Waals surface area contributed by atoms with Gasteiger partial charge in [0.15, 0.2) is 0 Å². The molecule has 0 fully saturated rings. The van der Waals surface area contributed by atoms with E-state index in [9.17, 15) is 4.79 Å². The molecular weight excluding hydrogens is 266 g/mol. The number of ether oxygens (including phenoxy) is 1. The van der Waals surface area contributed by atoms with Gasteiger partial charge in [-0.3, -0.25) is 4.79 Å². The zero-order valence-electron chi connectivity index (χ0n) is 12.9. The third-order valence-corrected chi connectivity index (χ3v) is 3.35. The van der Waals surface area contributed by atoms with Gasteiger partial charge in [-0.1, -0.05) is 17.7 Å². The first-order valence-electron chi connectivity index (χ1n) is 6.99. The summed E-state index contributed by atoms with van der Waals surface area (Å²) in [6.45, 7) is 5.79. The van der Waals surface area contributed by atoms with Crippen LogP contribution in [0.3, 0.4) is 0 Å². The molecule has 1 amide bonds. The second kappa shape index (κ2) is 6.48. The number of hydrogen-bond donors (Lipinski definition) is 1. The fourth-order valence-electron chi connectivity index (χ4n) is 2.27. The molecular formula is C17H21NO3. The number of methoxy groups -OCH3 is 1. The Morgan fingerprint density at radius 1 is 1.29 bits per heavy atom. The van der Waals surface area contributed by atoms with Crippen LogP contribution in [0.2, 0.25) is 0 Å². The maximum absolute atomic E-state index is 12.2. The van der Waals surface area contributed by atoms with E-state index >= 15 is 0 Å². The van der Waals surface area contributed by atoms with Crippen LogP contribution in [-0.2, 0) is 11.2 Å². The molecule has 0 radical (unpaired) electrons. The Bertz CT molecular complexity index is 631.